The van der Waals surface area contributed by atoms with E-state index in [9.17, 15) is 8.42 Å². The molecule has 2 aromatic heterocycles. The molecule has 2 aliphatic carbocycles. The van der Waals surface area contributed by atoms with Crippen LogP contribution in [-0.4, -0.2) is 63.7 Å². The number of aromatic nitrogens is 5. The van der Waals surface area contributed by atoms with E-state index in [1.165, 1.54) is 32.1 Å². The van der Waals surface area contributed by atoms with Crippen LogP contribution in [0.15, 0.2) is 36.7 Å². The van der Waals surface area contributed by atoms with E-state index < -0.39 is 16.6 Å². The third kappa shape index (κ3) is 4.86. The first-order chi connectivity index (χ1) is 17.4. The zero-order valence-electron chi connectivity index (χ0n) is 20.4. The van der Waals surface area contributed by atoms with Gasteiger partial charge in [0.2, 0.25) is 10.0 Å². The lowest BCUT2D eigenvalue weighted by Crippen LogP contribution is -2.35. The molecule has 192 valence electrons. The normalized spacial score (nSPS) is 19.4. The van der Waals surface area contributed by atoms with Gasteiger partial charge in [-0.3, -0.25) is 9.40 Å². The van der Waals surface area contributed by atoms with Crippen LogP contribution in [-0.2, 0) is 16.6 Å². The van der Waals surface area contributed by atoms with E-state index in [-0.39, 0.29) is 5.75 Å². The monoisotopic (exact) mass is 511 g/mol. The number of aliphatic hydroxyl groups excluding tert-OH is 1. The highest BCUT2D eigenvalue weighted by Crippen LogP contribution is 2.54. The van der Waals surface area contributed by atoms with Gasteiger partial charge in [0.15, 0.2) is 0 Å². The molecular weight excluding hydrogens is 478 g/mol. The third-order valence-electron chi connectivity index (χ3n) is 8.04. The molecule has 2 N–H and O–H groups in total. The maximum atomic E-state index is 12.3. The Hall–Kier alpha value is -2.92. The summed E-state index contributed by atoms with van der Waals surface area (Å²) in [6.45, 7) is 2.37. The highest BCUT2D eigenvalue weighted by atomic mass is 32.2. The van der Waals surface area contributed by atoms with Crippen LogP contribution in [0.3, 0.4) is 0 Å². The molecule has 1 spiro atoms. The first-order valence-electron chi connectivity index (χ1n) is 12.9. The molecule has 1 saturated heterocycles. The Morgan fingerprint density at radius 1 is 1.06 bits per heavy atom. The molecule has 6 rings (SSSR count). The zero-order chi connectivity index (χ0) is 24.8. The van der Waals surface area contributed by atoms with E-state index in [1.807, 2.05) is 35.3 Å². The second-order valence-electron chi connectivity index (χ2n) is 10.6. The first-order valence-corrected chi connectivity index (χ1v) is 14.5. The number of hydrogen-bond donors (Lipinski definition) is 2. The lowest BCUT2D eigenvalue weighted by Gasteiger charge is -2.35. The minimum atomic E-state index is -3.62. The van der Waals surface area contributed by atoms with Crippen molar-refractivity contribution in [2.75, 3.05) is 35.1 Å². The molecule has 0 amide bonds. The second kappa shape index (κ2) is 9.19. The predicted molar refractivity (Wildman–Crippen MR) is 138 cm³/mol. The van der Waals surface area contributed by atoms with Crippen LogP contribution in [0.2, 0.25) is 0 Å². The lowest BCUT2D eigenvalue weighted by atomic mass is 9.85. The molecule has 3 aliphatic rings. The van der Waals surface area contributed by atoms with Gasteiger partial charge in [-0.05, 0) is 74.1 Å². The van der Waals surface area contributed by atoms with Gasteiger partial charge in [-0.25, -0.2) is 13.1 Å². The number of nitrogens with one attached hydrogen (secondary N) is 1. The molecule has 1 aliphatic heterocycles. The maximum Gasteiger partial charge on any atom is 0.234 e. The fourth-order valence-corrected chi connectivity index (χ4v) is 6.15. The quantitative estimate of drug-likeness (QED) is 0.453. The van der Waals surface area contributed by atoms with Crippen molar-refractivity contribution in [1.29, 1.82) is 0 Å². The second-order valence-corrected chi connectivity index (χ2v) is 12.4. The van der Waals surface area contributed by atoms with Crippen LogP contribution in [0.5, 0.6) is 0 Å². The molecule has 0 bridgehead atoms. The van der Waals surface area contributed by atoms with Gasteiger partial charge in [-0.2, -0.15) is 5.10 Å². The molecule has 3 heterocycles. The summed E-state index contributed by atoms with van der Waals surface area (Å²) in [5.74, 6) is 0.388. The van der Waals surface area contributed by atoms with Gasteiger partial charge < -0.3 is 10.0 Å². The number of hydrogen-bond acceptors (Lipinski definition) is 7. The Kier molecular flexibility index (Phi) is 5.99. The maximum absolute atomic E-state index is 12.3. The summed E-state index contributed by atoms with van der Waals surface area (Å²) in [6.07, 6.45) is 12.7. The van der Waals surface area contributed by atoms with Crippen LogP contribution in [0.1, 0.15) is 44.9 Å². The molecule has 0 unspecified atom stereocenters. The molecule has 10 nitrogen and oxygen atoms in total. The van der Waals surface area contributed by atoms with Gasteiger partial charge in [0.05, 0.1) is 35.6 Å². The standard InChI is InChI=1S/C25H33N7O3S/c33-14-15-36(34,35)28-20-4-5-23(24(16-20)30-12-9-25(7-8-25)10-13-30)32-18-22(26-29-32)21-6-11-31(27-21)17-19-2-1-3-19/h4-6,11,16,18-19,28,33H,1-3,7-10,12-15,17H2. The smallest absolute Gasteiger partial charge is 0.234 e. The number of rotatable bonds is 9. The average molecular weight is 512 g/mol. The summed E-state index contributed by atoms with van der Waals surface area (Å²) in [5, 5.41) is 22.6. The summed E-state index contributed by atoms with van der Waals surface area (Å²) < 4.78 is 30.9. The minimum Gasteiger partial charge on any atom is -0.395 e. The minimum absolute atomic E-state index is 0.337. The largest absolute Gasteiger partial charge is 0.395 e. The molecule has 3 fully saturated rings. The fourth-order valence-electron chi connectivity index (χ4n) is 5.32. The van der Waals surface area contributed by atoms with E-state index >= 15 is 0 Å². The van der Waals surface area contributed by atoms with Crippen molar-refractivity contribution in [3.8, 4) is 17.1 Å². The number of anilines is 2. The van der Waals surface area contributed by atoms with Gasteiger partial charge in [0, 0.05) is 25.8 Å². The molecular formula is C25H33N7O3S. The topological polar surface area (TPSA) is 118 Å². The number of piperidine rings is 1. The SMILES string of the molecule is O=S(=O)(CCO)Nc1ccc(-n2cc(-c3ccn(CC4CCC4)n3)nn2)c(N2CCC3(CC2)CC3)c1. The predicted octanol–water partition coefficient (Wildman–Crippen LogP) is 3.05. The fraction of sp³-hybridized carbons (Fsp3) is 0.560. The summed E-state index contributed by atoms with van der Waals surface area (Å²) in [7, 11) is -3.62. The summed E-state index contributed by atoms with van der Waals surface area (Å²) >= 11 is 0. The van der Waals surface area contributed by atoms with Gasteiger partial charge in [0.25, 0.3) is 0 Å². The number of benzene rings is 1. The highest BCUT2D eigenvalue weighted by molar-refractivity contribution is 7.92. The van der Waals surface area contributed by atoms with Crippen molar-refractivity contribution >= 4 is 21.4 Å². The summed E-state index contributed by atoms with van der Waals surface area (Å²) in [6, 6.07) is 7.45. The van der Waals surface area contributed by atoms with Crippen LogP contribution >= 0.6 is 0 Å². The van der Waals surface area contributed by atoms with Crippen molar-refractivity contribution < 1.29 is 13.5 Å². The molecule has 0 radical (unpaired) electrons. The van der Waals surface area contributed by atoms with Crippen molar-refractivity contribution in [2.24, 2.45) is 11.3 Å². The van der Waals surface area contributed by atoms with Gasteiger partial charge in [0.1, 0.15) is 11.4 Å². The van der Waals surface area contributed by atoms with E-state index in [0.29, 0.717) is 16.8 Å². The third-order valence-corrected chi connectivity index (χ3v) is 9.31. The van der Waals surface area contributed by atoms with Crippen molar-refractivity contribution in [3.05, 3.63) is 36.7 Å². The number of aliphatic hydroxyl groups is 1. The number of nitrogens with zero attached hydrogens (tertiary/aromatic N) is 6. The molecule has 0 atom stereocenters. The van der Waals surface area contributed by atoms with Crippen LogP contribution < -0.4 is 9.62 Å². The van der Waals surface area contributed by atoms with Gasteiger partial charge in [-0.15, -0.1) is 5.10 Å². The molecule has 3 aromatic rings. The first kappa shape index (κ1) is 23.5. The van der Waals surface area contributed by atoms with Crippen LogP contribution in [0.25, 0.3) is 17.1 Å². The Balaban J connectivity index is 1.28. The zero-order valence-corrected chi connectivity index (χ0v) is 21.2. The van der Waals surface area contributed by atoms with Crippen LogP contribution in [0.4, 0.5) is 11.4 Å². The Morgan fingerprint density at radius 2 is 1.86 bits per heavy atom. The van der Waals surface area contributed by atoms with Crippen molar-refractivity contribution in [3.63, 3.8) is 0 Å². The lowest BCUT2D eigenvalue weighted by molar-refractivity contribution is 0.266. The number of sulfonamides is 1. The average Bonchev–Trinajstić information content (AvgIpc) is 3.22. The Morgan fingerprint density at radius 3 is 2.56 bits per heavy atom. The summed E-state index contributed by atoms with van der Waals surface area (Å²) in [5.41, 5.74) is 4.27. The highest BCUT2D eigenvalue weighted by Gasteiger charge is 2.44. The van der Waals surface area contributed by atoms with Crippen molar-refractivity contribution in [1.82, 2.24) is 24.8 Å². The van der Waals surface area contributed by atoms with Gasteiger partial charge >= 0.3 is 0 Å². The van der Waals surface area contributed by atoms with E-state index in [0.717, 1.165) is 55.5 Å². The van der Waals surface area contributed by atoms with Gasteiger partial charge in [-0.1, -0.05) is 11.6 Å². The van der Waals surface area contributed by atoms with E-state index in [1.54, 1.807) is 10.7 Å². The Bertz CT molecular complexity index is 1330. The van der Waals surface area contributed by atoms with Crippen molar-refractivity contribution in [2.45, 2.75) is 51.5 Å². The molecule has 1 aromatic carbocycles. The van der Waals surface area contributed by atoms with E-state index in [2.05, 4.69) is 19.9 Å². The summed E-state index contributed by atoms with van der Waals surface area (Å²) in [4.78, 5) is 2.32. The van der Waals surface area contributed by atoms with E-state index in [4.69, 9.17) is 10.2 Å². The molecule has 2 saturated carbocycles. The molecule has 36 heavy (non-hydrogen) atoms. The molecule has 11 heteroatoms. The van der Waals surface area contributed by atoms with Crippen LogP contribution in [0, 0.1) is 11.3 Å². The Labute approximate surface area is 211 Å².